The third-order valence-corrected chi connectivity index (χ3v) is 5.12. The summed E-state index contributed by atoms with van der Waals surface area (Å²) in [7, 11) is 0. The van der Waals surface area contributed by atoms with E-state index >= 15 is 0 Å². The Morgan fingerprint density at radius 2 is 1.03 bits per heavy atom. The van der Waals surface area contributed by atoms with Crippen LogP contribution >= 0.6 is 0 Å². The molecule has 4 nitrogen and oxygen atoms in total. The van der Waals surface area contributed by atoms with Crippen molar-refractivity contribution in [2.45, 2.75) is 46.8 Å². The molecule has 3 rings (SSSR count). The Labute approximate surface area is 184 Å². The molecule has 0 bridgehead atoms. The topological polar surface area (TPSA) is 66.2 Å². The zero-order chi connectivity index (χ0) is 22.2. The highest BCUT2D eigenvalue weighted by Gasteiger charge is 2.05. The van der Waals surface area contributed by atoms with E-state index in [0.29, 0.717) is 24.6 Å². The number of nitrogens with one attached hydrogen (secondary N) is 2. The van der Waals surface area contributed by atoms with Gasteiger partial charge >= 0.3 is 0 Å². The Morgan fingerprint density at radius 3 is 1.39 bits per heavy atom. The zero-order valence-electron chi connectivity index (χ0n) is 18.5. The first-order valence-corrected chi connectivity index (χ1v) is 10.7. The summed E-state index contributed by atoms with van der Waals surface area (Å²) in [4.78, 5) is 0. The Hall–Kier alpha value is -3.40. The summed E-state index contributed by atoms with van der Waals surface area (Å²) in [5.74, 6) is 1.59. The summed E-state index contributed by atoms with van der Waals surface area (Å²) in [6, 6.07) is 21.8. The second-order valence-corrected chi connectivity index (χ2v) is 7.62. The van der Waals surface area contributed by atoms with Crippen molar-refractivity contribution in [2.24, 2.45) is 0 Å². The summed E-state index contributed by atoms with van der Waals surface area (Å²) in [6.45, 7) is 7.00. The van der Waals surface area contributed by atoms with E-state index in [1.807, 2.05) is 62.4 Å². The van der Waals surface area contributed by atoms with Gasteiger partial charge in [-0.3, -0.25) is 0 Å². The third kappa shape index (κ3) is 6.29. The molecule has 0 atom stereocenters. The molecule has 3 aromatic carbocycles. The van der Waals surface area contributed by atoms with E-state index in [1.165, 1.54) is 0 Å². The van der Waals surface area contributed by atoms with Crippen LogP contribution in [0.1, 0.15) is 54.5 Å². The van der Waals surface area contributed by atoms with Crippen LogP contribution in [0.4, 0.5) is 0 Å². The van der Waals surface area contributed by atoms with E-state index in [4.69, 9.17) is 20.3 Å². The molecular formula is C27H30N2O2. The fourth-order valence-electron chi connectivity index (χ4n) is 3.36. The van der Waals surface area contributed by atoms with E-state index in [1.54, 1.807) is 0 Å². The van der Waals surface area contributed by atoms with Gasteiger partial charge in [0.2, 0.25) is 0 Å². The van der Waals surface area contributed by atoms with Crippen molar-refractivity contribution >= 4 is 11.4 Å². The largest absolute Gasteiger partial charge is 0.489 e. The maximum Gasteiger partial charge on any atom is 0.119 e. The zero-order valence-corrected chi connectivity index (χ0v) is 18.5. The van der Waals surface area contributed by atoms with E-state index in [0.717, 1.165) is 52.2 Å². The van der Waals surface area contributed by atoms with Gasteiger partial charge in [-0.1, -0.05) is 31.5 Å². The van der Waals surface area contributed by atoms with Gasteiger partial charge in [0.15, 0.2) is 0 Å². The molecule has 0 radical (unpaired) electrons. The maximum absolute atomic E-state index is 7.91. The van der Waals surface area contributed by atoms with Gasteiger partial charge < -0.3 is 20.3 Å². The van der Waals surface area contributed by atoms with Gasteiger partial charge in [0.1, 0.15) is 24.7 Å². The molecule has 3 aromatic rings. The Kier molecular flexibility index (Phi) is 7.60. The number of aryl methyl sites for hydroxylation is 1. The summed E-state index contributed by atoms with van der Waals surface area (Å²) in [5, 5.41) is 15.8. The average molecular weight is 415 g/mol. The monoisotopic (exact) mass is 414 g/mol. The predicted molar refractivity (Wildman–Crippen MR) is 127 cm³/mol. The molecule has 0 fully saturated rings. The van der Waals surface area contributed by atoms with Crippen LogP contribution < -0.4 is 9.47 Å². The van der Waals surface area contributed by atoms with Gasteiger partial charge in [0.25, 0.3) is 0 Å². The summed E-state index contributed by atoms with van der Waals surface area (Å²) in [5.41, 5.74) is 6.49. The van der Waals surface area contributed by atoms with Gasteiger partial charge in [-0.2, -0.15) is 0 Å². The summed E-state index contributed by atoms with van der Waals surface area (Å²) < 4.78 is 11.9. The Bertz CT molecular complexity index is 956. The third-order valence-electron chi connectivity index (χ3n) is 5.12. The van der Waals surface area contributed by atoms with Gasteiger partial charge in [-0.15, -0.1) is 0 Å². The standard InChI is InChI=1S/C27H30N2O2/c1-4-26(28)22-6-10-24(11-7-22)30-17-20-14-19(3)15-21(16-20)18-31-25-12-8-23(9-13-25)27(29)5-2/h6-16,28-29H,4-5,17-18H2,1-3H3. The lowest BCUT2D eigenvalue weighted by Crippen LogP contribution is -2.01. The van der Waals surface area contributed by atoms with Crippen molar-refractivity contribution in [3.8, 4) is 11.5 Å². The fraction of sp³-hybridized carbons (Fsp3) is 0.259. The van der Waals surface area contributed by atoms with Crippen molar-refractivity contribution < 1.29 is 9.47 Å². The van der Waals surface area contributed by atoms with Crippen LogP contribution in [0.2, 0.25) is 0 Å². The van der Waals surface area contributed by atoms with E-state index in [9.17, 15) is 0 Å². The molecule has 0 saturated heterocycles. The first-order valence-electron chi connectivity index (χ1n) is 10.7. The summed E-state index contributed by atoms with van der Waals surface area (Å²) in [6.07, 6.45) is 1.45. The van der Waals surface area contributed by atoms with Crippen molar-refractivity contribution in [1.82, 2.24) is 0 Å². The summed E-state index contributed by atoms with van der Waals surface area (Å²) >= 11 is 0. The number of ether oxygens (including phenoxy) is 2. The first-order chi connectivity index (χ1) is 15.0. The second kappa shape index (κ2) is 10.6. The van der Waals surface area contributed by atoms with Crippen LogP contribution in [0.15, 0.2) is 66.7 Å². The van der Waals surface area contributed by atoms with Crippen LogP contribution in [-0.2, 0) is 13.2 Å². The van der Waals surface area contributed by atoms with Gasteiger partial charge in [0.05, 0.1) is 0 Å². The second-order valence-electron chi connectivity index (χ2n) is 7.62. The number of benzene rings is 3. The van der Waals surface area contributed by atoms with E-state index < -0.39 is 0 Å². The van der Waals surface area contributed by atoms with Crippen molar-refractivity contribution in [1.29, 1.82) is 10.8 Å². The lowest BCUT2D eigenvalue weighted by atomic mass is 10.1. The fourth-order valence-corrected chi connectivity index (χ4v) is 3.36. The number of hydrogen-bond donors (Lipinski definition) is 2. The molecular weight excluding hydrogens is 384 g/mol. The molecule has 0 saturated carbocycles. The molecule has 0 aliphatic carbocycles. The van der Waals surface area contributed by atoms with Crippen LogP contribution in [0.5, 0.6) is 11.5 Å². The van der Waals surface area contributed by atoms with Gasteiger partial charge in [0, 0.05) is 11.4 Å². The molecule has 0 unspecified atom stereocenters. The minimum Gasteiger partial charge on any atom is -0.489 e. The molecule has 0 aliphatic heterocycles. The molecule has 2 N–H and O–H groups in total. The minimum atomic E-state index is 0.479. The predicted octanol–water partition coefficient (Wildman–Crippen LogP) is 6.71. The molecule has 0 aliphatic rings. The average Bonchev–Trinajstić information content (AvgIpc) is 2.80. The molecule has 4 heteroatoms. The van der Waals surface area contributed by atoms with E-state index in [2.05, 4.69) is 25.1 Å². The Balaban J connectivity index is 1.59. The highest BCUT2D eigenvalue weighted by atomic mass is 16.5. The van der Waals surface area contributed by atoms with Crippen molar-refractivity contribution in [2.75, 3.05) is 0 Å². The molecule has 0 amide bonds. The molecule has 31 heavy (non-hydrogen) atoms. The first kappa shape index (κ1) is 22.3. The lowest BCUT2D eigenvalue weighted by Gasteiger charge is -2.12. The number of rotatable bonds is 10. The Morgan fingerprint density at radius 1 is 0.645 bits per heavy atom. The van der Waals surface area contributed by atoms with Crippen LogP contribution in [0.25, 0.3) is 0 Å². The molecule has 160 valence electrons. The SMILES string of the molecule is CCC(=N)c1ccc(OCc2cc(C)cc(COc3ccc(C(=N)CC)cc3)c2)cc1. The van der Waals surface area contributed by atoms with Crippen molar-refractivity contribution in [3.05, 3.63) is 94.5 Å². The normalized spacial score (nSPS) is 10.5. The molecule has 0 heterocycles. The molecule has 0 spiro atoms. The van der Waals surface area contributed by atoms with Crippen LogP contribution in [-0.4, -0.2) is 11.4 Å². The quantitative estimate of drug-likeness (QED) is 0.362. The maximum atomic E-state index is 7.91. The van der Waals surface area contributed by atoms with Crippen LogP contribution in [0, 0.1) is 17.7 Å². The number of hydrogen-bond acceptors (Lipinski definition) is 4. The van der Waals surface area contributed by atoms with E-state index in [-0.39, 0.29) is 0 Å². The lowest BCUT2D eigenvalue weighted by molar-refractivity contribution is 0.299. The molecule has 0 aromatic heterocycles. The van der Waals surface area contributed by atoms with Crippen molar-refractivity contribution in [3.63, 3.8) is 0 Å². The highest BCUT2D eigenvalue weighted by molar-refractivity contribution is 5.98. The van der Waals surface area contributed by atoms with Gasteiger partial charge in [-0.05, 0) is 96.6 Å². The highest BCUT2D eigenvalue weighted by Crippen LogP contribution is 2.19. The minimum absolute atomic E-state index is 0.479. The smallest absolute Gasteiger partial charge is 0.119 e. The van der Waals surface area contributed by atoms with Crippen LogP contribution in [0.3, 0.4) is 0 Å². The van der Waals surface area contributed by atoms with Gasteiger partial charge in [-0.25, -0.2) is 0 Å².